The zero-order valence-electron chi connectivity index (χ0n) is 13.7. The largest absolute Gasteiger partial charge is 0.377 e. The minimum Gasteiger partial charge on any atom is -0.377 e. The molecule has 1 aliphatic carbocycles. The van der Waals surface area contributed by atoms with Crippen LogP contribution in [-0.4, -0.2) is 6.61 Å². The van der Waals surface area contributed by atoms with Crippen molar-refractivity contribution in [3.63, 3.8) is 0 Å². The van der Waals surface area contributed by atoms with Gasteiger partial charge in [-0.05, 0) is 75.3 Å². The molecule has 0 aromatic heterocycles. The number of ether oxygens (including phenoxy) is 1. The minimum atomic E-state index is 0.745. The molecule has 1 heteroatoms. The molecule has 1 fully saturated rings. The Morgan fingerprint density at radius 2 is 1.81 bits per heavy atom. The highest BCUT2D eigenvalue weighted by Gasteiger charge is 2.21. The lowest BCUT2D eigenvalue weighted by molar-refractivity contribution is 0.134. The second-order valence-electron chi connectivity index (χ2n) is 6.24. The van der Waals surface area contributed by atoms with E-state index in [0.717, 1.165) is 25.0 Å². The summed E-state index contributed by atoms with van der Waals surface area (Å²) in [5.41, 5.74) is 2.82. The smallest absolute Gasteiger partial charge is 0.0716 e. The summed E-state index contributed by atoms with van der Waals surface area (Å²) in [4.78, 5) is 0. The number of allylic oxidation sites excluding steroid dienone is 2. The summed E-state index contributed by atoms with van der Waals surface area (Å²) in [6, 6.07) is 9.12. The van der Waals surface area contributed by atoms with Crippen LogP contribution in [0.15, 0.2) is 36.4 Å². The van der Waals surface area contributed by atoms with Crippen molar-refractivity contribution in [3.05, 3.63) is 47.5 Å². The van der Waals surface area contributed by atoms with Gasteiger partial charge >= 0.3 is 0 Å². The van der Waals surface area contributed by atoms with Crippen molar-refractivity contribution in [2.45, 2.75) is 64.9 Å². The first kappa shape index (κ1) is 16.3. The maximum absolute atomic E-state index is 5.46. The van der Waals surface area contributed by atoms with Gasteiger partial charge in [0.1, 0.15) is 0 Å². The Morgan fingerprint density at radius 1 is 1.10 bits per heavy atom. The fraction of sp³-hybridized carbons (Fsp3) is 0.600. The third-order valence-electron chi connectivity index (χ3n) is 4.75. The lowest BCUT2D eigenvalue weighted by Gasteiger charge is -2.28. The molecule has 0 aliphatic heterocycles. The zero-order valence-corrected chi connectivity index (χ0v) is 13.7. The quantitative estimate of drug-likeness (QED) is 0.571. The molecule has 1 aromatic rings. The first-order valence-electron chi connectivity index (χ1n) is 8.61. The topological polar surface area (TPSA) is 9.23 Å². The summed E-state index contributed by atoms with van der Waals surface area (Å²) < 4.78 is 5.46. The minimum absolute atomic E-state index is 0.745. The van der Waals surface area contributed by atoms with Crippen LogP contribution >= 0.6 is 0 Å². The molecule has 0 heterocycles. The fourth-order valence-corrected chi connectivity index (χ4v) is 3.39. The maximum atomic E-state index is 5.46. The second kappa shape index (κ2) is 9.04. The van der Waals surface area contributed by atoms with Crippen LogP contribution < -0.4 is 0 Å². The van der Waals surface area contributed by atoms with E-state index in [-0.39, 0.29) is 0 Å². The molecule has 0 amide bonds. The van der Waals surface area contributed by atoms with Crippen LogP contribution in [0.5, 0.6) is 0 Å². The Labute approximate surface area is 130 Å². The van der Waals surface area contributed by atoms with E-state index in [9.17, 15) is 0 Å². The average molecular weight is 286 g/mol. The molecule has 0 bridgehead atoms. The van der Waals surface area contributed by atoms with Gasteiger partial charge in [-0.3, -0.25) is 0 Å². The monoisotopic (exact) mass is 286 g/mol. The summed E-state index contributed by atoms with van der Waals surface area (Å²) in [6.45, 7) is 5.70. The van der Waals surface area contributed by atoms with Crippen molar-refractivity contribution in [2.75, 3.05) is 6.61 Å². The van der Waals surface area contributed by atoms with E-state index in [2.05, 4.69) is 43.3 Å². The van der Waals surface area contributed by atoms with Gasteiger partial charge in [-0.25, -0.2) is 0 Å². The first-order valence-corrected chi connectivity index (χ1v) is 8.61. The highest BCUT2D eigenvalue weighted by molar-refractivity contribution is 5.25. The molecular weight excluding hydrogens is 256 g/mol. The third-order valence-corrected chi connectivity index (χ3v) is 4.75. The van der Waals surface area contributed by atoms with Gasteiger partial charge < -0.3 is 4.74 Å². The molecule has 0 N–H and O–H groups in total. The van der Waals surface area contributed by atoms with Gasteiger partial charge in [0.2, 0.25) is 0 Å². The fourth-order valence-electron chi connectivity index (χ4n) is 3.39. The standard InChI is InChI=1S/C20H30O/c1-3-5-6-7-17-8-12-19(13-9-17)20-14-10-18(11-15-20)16-21-4-2/h3,5,10-11,14-15,17,19H,4,6-9,12-13,16H2,1-2H3/b5-3+. The Hall–Kier alpha value is -1.08. The van der Waals surface area contributed by atoms with E-state index >= 15 is 0 Å². The first-order chi connectivity index (χ1) is 10.3. The molecule has 0 atom stereocenters. The summed E-state index contributed by atoms with van der Waals surface area (Å²) in [6.07, 6.45) is 12.7. The molecule has 0 radical (unpaired) electrons. The summed E-state index contributed by atoms with van der Waals surface area (Å²) in [5, 5.41) is 0. The molecule has 21 heavy (non-hydrogen) atoms. The second-order valence-corrected chi connectivity index (χ2v) is 6.24. The molecule has 1 aromatic carbocycles. The molecule has 0 spiro atoms. The van der Waals surface area contributed by atoms with Crippen LogP contribution in [0.25, 0.3) is 0 Å². The van der Waals surface area contributed by atoms with Crippen molar-refractivity contribution in [3.8, 4) is 0 Å². The van der Waals surface area contributed by atoms with Crippen LogP contribution in [0.3, 0.4) is 0 Å². The molecule has 1 saturated carbocycles. The normalized spacial score (nSPS) is 22.8. The van der Waals surface area contributed by atoms with E-state index in [0.29, 0.717) is 0 Å². The number of benzene rings is 1. The van der Waals surface area contributed by atoms with Crippen LogP contribution in [0, 0.1) is 5.92 Å². The van der Waals surface area contributed by atoms with Crippen LogP contribution in [0.1, 0.15) is 69.4 Å². The Balaban J connectivity index is 1.79. The van der Waals surface area contributed by atoms with Crippen molar-refractivity contribution in [1.29, 1.82) is 0 Å². The highest BCUT2D eigenvalue weighted by atomic mass is 16.5. The van der Waals surface area contributed by atoms with Gasteiger partial charge in [0.05, 0.1) is 6.61 Å². The van der Waals surface area contributed by atoms with Crippen LogP contribution in [0.4, 0.5) is 0 Å². The van der Waals surface area contributed by atoms with Crippen molar-refractivity contribution >= 4 is 0 Å². The number of hydrogen-bond donors (Lipinski definition) is 0. The van der Waals surface area contributed by atoms with Gasteiger partial charge in [-0.1, -0.05) is 36.4 Å². The van der Waals surface area contributed by atoms with Crippen LogP contribution in [-0.2, 0) is 11.3 Å². The summed E-state index contributed by atoms with van der Waals surface area (Å²) in [5.74, 6) is 1.73. The summed E-state index contributed by atoms with van der Waals surface area (Å²) >= 11 is 0. The molecular formula is C20H30O. The number of hydrogen-bond acceptors (Lipinski definition) is 1. The molecule has 1 nitrogen and oxygen atoms in total. The summed E-state index contributed by atoms with van der Waals surface area (Å²) in [7, 11) is 0. The molecule has 116 valence electrons. The van der Waals surface area contributed by atoms with E-state index in [1.54, 1.807) is 0 Å². The van der Waals surface area contributed by atoms with E-state index < -0.39 is 0 Å². The Morgan fingerprint density at radius 3 is 2.43 bits per heavy atom. The molecule has 1 aliphatic rings. The van der Waals surface area contributed by atoms with Crippen molar-refractivity contribution in [1.82, 2.24) is 0 Å². The predicted octanol–water partition coefficient (Wildman–Crippen LogP) is 5.85. The van der Waals surface area contributed by atoms with Crippen LogP contribution in [0.2, 0.25) is 0 Å². The van der Waals surface area contributed by atoms with Gasteiger partial charge in [0, 0.05) is 6.61 Å². The SMILES string of the molecule is C/C=C/CCC1CCC(c2ccc(COCC)cc2)CC1. The highest BCUT2D eigenvalue weighted by Crippen LogP contribution is 2.37. The Bertz CT molecular complexity index is 410. The van der Waals surface area contributed by atoms with Crippen molar-refractivity contribution in [2.24, 2.45) is 5.92 Å². The van der Waals surface area contributed by atoms with Gasteiger partial charge in [0.25, 0.3) is 0 Å². The lowest BCUT2D eigenvalue weighted by atomic mass is 9.77. The molecule has 0 unspecified atom stereocenters. The van der Waals surface area contributed by atoms with Gasteiger partial charge in [-0.15, -0.1) is 0 Å². The molecule has 0 saturated heterocycles. The van der Waals surface area contributed by atoms with E-state index in [1.807, 2.05) is 6.92 Å². The van der Waals surface area contributed by atoms with Gasteiger partial charge in [0.15, 0.2) is 0 Å². The Kier molecular flexibility index (Phi) is 7.02. The molecule has 2 rings (SSSR count). The predicted molar refractivity (Wildman–Crippen MR) is 90.5 cm³/mol. The lowest BCUT2D eigenvalue weighted by Crippen LogP contribution is -2.13. The average Bonchev–Trinajstić information content (AvgIpc) is 2.54. The van der Waals surface area contributed by atoms with E-state index in [4.69, 9.17) is 4.74 Å². The van der Waals surface area contributed by atoms with E-state index in [1.165, 1.54) is 49.7 Å². The number of rotatable bonds is 7. The van der Waals surface area contributed by atoms with Crippen molar-refractivity contribution < 1.29 is 4.74 Å². The van der Waals surface area contributed by atoms with Gasteiger partial charge in [-0.2, -0.15) is 0 Å². The zero-order chi connectivity index (χ0) is 14.9. The maximum Gasteiger partial charge on any atom is 0.0716 e. The third kappa shape index (κ3) is 5.32.